The van der Waals surface area contributed by atoms with Gasteiger partial charge in [0.1, 0.15) is 0 Å². The van der Waals surface area contributed by atoms with Crippen molar-refractivity contribution in [2.24, 2.45) is 5.92 Å². The predicted molar refractivity (Wildman–Crippen MR) is 103 cm³/mol. The van der Waals surface area contributed by atoms with Crippen molar-refractivity contribution >= 4 is 39.9 Å². The van der Waals surface area contributed by atoms with E-state index >= 15 is 0 Å². The van der Waals surface area contributed by atoms with E-state index in [4.69, 9.17) is 4.74 Å². The quantitative estimate of drug-likeness (QED) is 0.567. The fourth-order valence-corrected chi connectivity index (χ4v) is 4.02. The lowest BCUT2D eigenvalue weighted by atomic mass is 10.1. The van der Waals surface area contributed by atoms with Crippen LogP contribution in [0.4, 0.5) is 24.0 Å². The summed E-state index contributed by atoms with van der Waals surface area (Å²) in [7, 11) is 1.23. The van der Waals surface area contributed by atoms with Crippen LogP contribution in [0.25, 0.3) is 0 Å². The Morgan fingerprint density at radius 2 is 1.90 bits per heavy atom. The number of hydrogen-bond acceptors (Lipinski definition) is 6. The monoisotopic (exact) mass is 441 g/mol. The number of nitrogens with zero attached hydrogens (tertiary/aromatic N) is 2. The maximum atomic E-state index is 13.5. The number of esters is 1. The molecule has 11 heteroatoms. The minimum Gasteiger partial charge on any atom is -0.464 e. The molecule has 0 radical (unpaired) electrons. The van der Waals surface area contributed by atoms with E-state index in [0.29, 0.717) is 17.0 Å². The second-order valence-electron chi connectivity index (χ2n) is 7.00. The number of hydrogen-bond donors (Lipinski definition) is 1. The largest absolute Gasteiger partial charge is 0.464 e. The number of nitrogens with one attached hydrogen (secondary N) is 1. The molecular formula is C19H18F3N3O4S. The molecule has 1 atom stereocenters. The molecule has 1 aromatic heterocycles. The van der Waals surface area contributed by atoms with E-state index < -0.39 is 41.2 Å². The van der Waals surface area contributed by atoms with E-state index in [1.54, 1.807) is 0 Å². The van der Waals surface area contributed by atoms with Gasteiger partial charge in [-0.2, -0.15) is 0 Å². The molecule has 30 heavy (non-hydrogen) atoms. The second kappa shape index (κ2) is 8.42. The van der Waals surface area contributed by atoms with Crippen molar-refractivity contribution in [2.45, 2.75) is 26.2 Å². The third-order valence-corrected chi connectivity index (χ3v) is 5.83. The molecule has 1 aliphatic rings. The van der Waals surface area contributed by atoms with Crippen molar-refractivity contribution in [3.8, 4) is 0 Å². The molecule has 0 spiro atoms. The molecule has 160 valence electrons. The zero-order valence-electron chi connectivity index (χ0n) is 16.3. The predicted octanol–water partition coefficient (Wildman–Crippen LogP) is 3.46. The van der Waals surface area contributed by atoms with Gasteiger partial charge in [0.2, 0.25) is 11.8 Å². The van der Waals surface area contributed by atoms with Crippen LogP contribution >= 0.6 is 11.3 Å². The van der Waals surface area contributed by atoms with Crippen LogP contribution in [0.1, 0.15) is 41.6 Å². The fourth-order valence-electron chi connectivity index (χ4n) is 3.06. The molecule has 1 aliphatic heterocycles. The van der Waals surface area contributed by atoms with Crippen LogP contribution in [-0.4, -0.2) is 36.4 Å². The van der Waals surface area contributed by atoms with E-state index in [0.717, 1.165) is 16.2 Å². The van der Waals surface area contributed by atoms with Gasteiger partial charge in [-0.25, -0.2) is 22.9 Å². The summed E-state index contributed by atoms with van der Waals surface area (Å²) in [4.78, 5) is 42.5. The van der Waals surface area contributed by atoms with Gasteiger partial charge >= 0.3 is 5.97 Å². The van der Waals surface area contributed by atoms with E-state index in [1.165, 1.54) is 7.11 Å². The van der Waals surface area contributed by atoms with Gasteiger partial charge in [0, 0.05) is 35.7 Å². The number of anilines is 2. The lowest BCUT2D eigenvalue weighted by Crippen LogP contribution is -2.28. The Kier molecular flexibility index (Phi) is 6.11. The summed E-state index contributed by atoms with van der Waals surface area (Å²) in [6, 6.07) is 1.41. The molecule has 0 aliphatic carbocycles. The Bertz CT molecular complexity index is 1000. The van der Waals surface area contributed by atoms with Crippen molar-refractivity contribution in [2.75, 3.05) is 23.9 Å². The first-order valence-electron chi connectivity index (χ1n) is 8.97. The summed E-state index contributed by atoms with van der Waals surface area (Å²) in [6.07, 6.45) is -0.196. The van der Waals surface area contributed by atoms with Crippen LogP contribution in [-0.2, 0) is 14.3 Å². The molecule has 0 saturated carbocycles. The van der Waals surface area contributed by atoms with Gasteiger partial charge in [-0.3, -0.25) is 9.59 Å². The zero-order valence-corrected chi connectivity index (χ0v) is 17.1. The number of aromatic nitrogens is 1. The van der Waals surface area contributed by atoms with Crippen LogP contribution < -0.4 is 10.2 Å². The first-order valence-corrected chi connectivity index (χ1v) is 9.78. The number of carbonyl (C=O) groups excluding carboxylic acids is 3. The van der Waals surface area contributed by atoms with Crippen LogP contribution in [0.2, 0.25) is 0 Å². The smallest absolute Gasteiger partial charge is 0.357 e. The summed E-state index contributed by atoms with van der Waals surface area (Å²) >= 11 is 1.12. The maximum Gasteiger partial charge on any atom is 0.357 e. The summed E-state index contributed by atoms with van der Waals surface area (Å²) in [5.74, 6) is -7.03. The summed E-state index contributed by atoms with van der Waals surface area (Å²) in [6.45, 7) is 3.58. The Balaban J connectivity index is 1.76. The average Bonchev–Trinajstić information content (AvgIpc) is 3.29. The molecule has 2 heterocycles. The lowest BCUT2D eigenvalue weighted by molar-refractivity contribution is -0.122. The van der Waals surface area contributed by atoms with Crippen LogP contribution in [0.15, 0.2) is 12.1 Å². The molecule has 1 N–H and O–H groups in total. The van der Waals surface area contributed by atoms with Gasteiger partial charge in [0.25, 0.3) is 0 Å². The van der Waals surface area contributed by atoms with Gasteiger partial charge in [-0.05, 0) is 5.92 Å². The molecular weight excluding hydrogens is 423 g/mol. The Morgan fingerprint density at radius 3 is 2.47 bits per heavy atom. The number of carbonyl (C=O) groups is 3. The van der Waals surface area contributed by atoms with Crippen molar-refractivity contribution in [1.29, 1.82) is 0 Å². The van der Waals surface area contributed by atoms with Crippen molar-refractivity contribution in [3.05, 3.63) is 40.2 Å². The molecule has 1 saturated heterocycles. The third-order valence-electron chi connectivity index (χ3n) is 4.56. The van der Waals surface area contributed by atoms with Crippen LogP contribution in [0.5, 0.6) is 0 Å². The minimum absolute atomic E-state index is 0.0333. The minimum atomic E-state index is -1.63. The summed E-state index contributed by atoms with van der Waals surface area (Å²) in [5, 5.41) is 2.75. The first kappa shape index (κ1) is 21.8. The second-order valence-corrected chi connectivity index (χ2v) is 8.03. The number of benzene rings is 1. The third kappa shape index (κ3) is 4.16. The van der Waals surface area contributed by atoms with Gasteiger partial charge in [-0.15, -0.1) is 11.3 Å². The Morgan fingerprint density at radius 1 is 1.27 bits per heavy atom. The molecule has 2 aromatic rings. The molecule has 1 aromatic carbocycles. The molecule has 3 rings (SSSR count). The highest BCUT2D eigenvalue weighted by Crippen LogP contribution is 2.32. The fraction of sp³-hybridized carbons (Fsp3) is 0.368. The number of amides is 2. The Hall–Kier alpha value is -2.95. The van der Waals surface area contributed by atoms with E-state index in [9.17, 15) is 27.6 Å². The number of halogens is 3. The first-order chi connectivity index (χ1) is 14.1. The van der Waals surface area contributed by atoms with E-state index in [1.807, 2.05) is 13.8 Å². The standard InChI is InChI=1S/C19H18F3N3O4S/c1-8(2)16-15(18(28)29-3)23-19(30-16)24-17(27)9-4-13(26)25(7-9)10-5-11(20)14(22)12(21)6-10/h5-6,8-9H,4,7H2,1-3H3,(H,23,24,27)/t9-/m0/s1. The van der Waals surface area contributed by atoms with Gasteiger partial charge < -0.3 is 15.0 Å². The van der Waals surface area contributed by atoms with Crippen molar-refractivity contribution in [1.82, 2.24) is 4.98 Å². The normalized spacial score (nSPS) is 16.3. The number of thiazole rings is 1. The zero-order chi connectivity index (χ0) is 22.2. The average molecular weight is 441 g/mol. The molecule has 0 unspecified atom stereocenters. The van der Waals surface area contributed by atoms with E-state index in [2.05, 4.69) is 10.3 Å². The number of rotatable bonds is 5. The molecule has 0 bridgehead atoms. The summed E-state index contributed by atoms with van der Waals surface area (Å²) in [5.41, 5.74) is -0.0646. The maximum absolute atomic E-state index is 13.5. The molecule has 2 amide bonds. The molecule has 7 nitrogen and oxygen atoms in total. The lowest BCUT2D eigenvalue weighted by Gasteiger charge is -2.17. The number of methoxy groups -OCH3 is 1. The Labute approximate surface area is 173 Å². The van der Waals surface area contributed by atoms with Gasteiger partial charge in [-0.1, -0.05) is 13.8 Å². The van der Waals surface area contributed by atoms with Gasteiger partial charge in [0.15, 0.2) is 28.3 Å². The SMILES string of the molecule is COC(=O)c1nc(NC(=O)[C@H]2CC(=O)N(c3cc(F)c(F)c(F)c3)C2)sc1C(C)C. The van der Waals surface area contributed by atoms with Crippen LogP contribution in [0.3, 0.4) is 0 Å². The van der Waals surface area contributed by atoms with Crippen LogP contribution in [0, 0.1) is 23.4 Å². The highest BCUT2D eigenvalue weighted by atomic mass is 32.1. The number of ether oxygens (including phenoxy) is 1. The van der Waals surface area contributed by atoms with E-state index in [-0.39, 0.29) is 35.4 Å². The van der Waals surface area contributed by atoms with Crippen molar-refractivity contribution in [3.63, 3.8) is 0 Å². The highest BCUT2D eigenvalue weighted by Gasteiger charge is 2.36. The molecule has 1 fully saturated rings. The topological polar surface area (TPSA) is 88.6 Å². The summed E-state index contributed by atoms with van der Waals surface area (Å²) < 4.78 is 44.8. The van der Waals surface area contributed by atoms with Gasteiger partial charge in [0.05, 0.1) is 13.0 Å². The highest BCUT2D eigenvalue weighted by molar-refractivity contribution is 7.16. The van der Waals surface area contributed by atoms with Crippen molar-refractivity contribution < 1.29 is 32.3 Å².